The number of para-hydroxylation sites is 1. The summed E-state index contributed by atoms with van der Waals surface area (Å²) in [6.07, 6.45) is 4.08. The van der Waals surface area contributed by atoms with E-state index in [0.29, 0.717) is 5.92 Å². The van der Waals surface area contributed by atoms with Crippen molar-refractivity contribution in [2.24, 2.45) is 11.8 Å². The molecule has 3 N–H and O–H groups in total. The zero-order valence-electron chi connectivity index (χ0n) is 16.1. The molecule has 1 aliphatic heterocycles. The van der Waals surface area contributed by atoms with E-state index >= 15 is 0 Å². The molecular formula is C21H30N4O2. The maximum atomic E-state index is 12.3. The number of nitrogens with one attached hydrogen (secondary N) is 2. The van der Waals surface area contributed by atoms with Gasteiger partial charge in [-0.3, -0.25) is 9.69 Å². The molecule has 1 heterocycles. The van der Waals surface area contributed by atoms with E-state index in [1.54, 1.807) is 0 Å². The minimum Gasteiger partial charge on any atom is -0.396 e. The van der Waals surface area contributed by atoms with Crippen molar-refractivity contribution in [3.8, 4) is 6.07 Å². The van der Waals surface area contributed by atoms with E-state index in [0.717, 1.165) is 56.6 Å². The second kappa shape index (κ2) is 8.73. The van der Waals surface area contributed by atoms with E-state index in [-0.39, 0.29) is 25.0 Å². The van der Waals surface area contributed by atoms with Gasteiger partial charge in [-0.1, -0.05) is 18.2 Å². The SMILES string of the molecule is CC(C#N)(NC(=O)CNc1ccccc1CN1CCC(CO)CC1)C1CC1. The largest absolute Gasteiger partial charge is 0.396 e. The number of amides is 1. The number of hydrogen-bond acceptors (Lipinski definition) is 5. The number of piperidine rings is 1. The fourth-order valence-corrected chi connectivity index (χ4v) is 3.79. The number of carbonyl (C=O) groups excluding carboxylic acids is 1. The van der Waals surface area contributed by atoms with Crippen molar-refractivity contribution in [3.05, 3.63) is 29.8 Å². The molecule has 6 heteroatoms. The second-order valence-corrected chi connectivity index (χ2v) is 8.05. The molecule has 1 atom stereocenters. The molecule has 1 amide bonds. The Labute approximate surface area is 161 Å². The number of hydrogen-bond donors (Lipinski definition) is 3. The predicted molar refractivity (Wildman–Crippen MR) is 105 cm³/mol. The highest BCUT2D eigenvalue weighted by Crippen LogP contribution is 2.39. The molecule has 2 fully saturated rings. The summed E-state index contributed by atoms with van der Waals surface area (Å²) >= 11 is 0. The van der Waals surface area contributed by atoms with Gasteiger partial charge in [0, 0.05) is 18.8 Å². The van der Waals surface area contributed by atoms with Crippen LogP contribution in [0.5, 0.6) is 0 Å². The molecular weight excluding hydrogens is 340 g/mol. The van der Waals surface area contributed by atoms with Gasteiger partial charge in [-0.2, -0.15) is 5.26 Å². The minimum atomic E-state index is -0.755. The van der Waals surface area contributed by atoms with Crippen molar-refractivity contribution in [2.45, 2.75) is 44.7 Å². The molecule has 6 nitrogen and oxygen atoms in total. The Morgan fingerprint density at radius 3 is 2.63 bits per heavy atom. The lowest BCUT2D eigenvalue weighted by Gasteiger charge is -2.31. The molecule has 1 saturated carbocycles. The van der Waals surface area contributed by atoms with Gasteiger partial charge in [-0.25, -0.2) is 0 Å². The van der Waals surface area contributed by atoms with Gasteiger partial charge in [0.05, 0.1) is 12.6 Å². The first-order valence-electron chi connectivity index (χ1n) is 9.91. The summed E-state index contributed by atoms with van der Waals surface area (Å²) in [5, 5.41) is 24.8. The fraction of sp³-hybridized carbons (Fsp3) is 0.619. The number of rotatable bonds is 8. The monoisotopic (exact) mass is 370 g/mol. The summed E-state index contributed by atoms with van der Waals surface area (Å²) < 4.78 is 0. The van der Waals surface area contributed by atoms with Crippen molar-refractivity contribution < 1.29 is 9.90 Å². The average molecular weight is 370 g/mol. The van der Waals surface area contributed by atoms with Crippen molar-refractivity contribution in [1.29, 1.82) is 5.26 Å². The molecule has 27 heavy (non-hydrogen) atoms. The van der Waals surface area contributed by atoms with E-state index < -0.39 is 5.54 Å². The lowest BCUT2D eigenvalue weighted by atomic mass is 9.97. The van der Waals surface area contributed by atoms with Gasteiger partial charge >= 0.3 is 0 Å². The third kappa shape index (κ3) is 5.21. The summed E-state index contributed by atoms with van der Waals surface area (Å²) in [5.41, 5.74) is 1.37. The van der Waals surface area contributed by atoms with Crippen LogP contribution in [0, 0.1) is 23.2 Å². The van der Waals surface area contributed by atoms with Crippen molar-refractivity contribution in [3.63, 3.8) is 0 Å². The van der Waals surface area contributed by atoms with Crippen molar-refractivity contribution >= 4 is 11.6 Å². The second-order valence-electron chi connectivity index (χ2n) is 8.05. The van der Waals surface area contributed by atoms with Gasteiger partial charge in [0.25, 0.3) is 0 Å². The van der Waals surface area contributed by atoms with Crippen molar-refractivity contribution in [1.82, 2.24) is 10.2 Å². The van der Waals surface area contributed by atoms with Crippen LogP contribution < -0.4 is 10.6 Å². The van der Waals surface area contributed by atoms with Crippen LogP contribution in [0.15, 0.2) is 24.3 Å². The summed E-state index contributed by atoms with van der Waals surface area (Å²) in [4.78, 5) is 14.7. The van der Waals surface area contributed by atoms with Gasteiger partial charge in [0.15, 0.2) is 0 Å². The summed E-state index contributed by atoms with van der Waals surface area (Å²) in [7, 11) is 0. The first kappa shape index (κ1) is 19.7. The number of anilines is 1. The molecule has 1 saturated heterocycles. The molecule has 2 aliphatic rings. The third-order valence-corrected chi connectivity index (χ3v) is 5.84. The molecule has 1 aliphatic carbocycles. The summed E-state index contributed by atoms with van der Waals surface area (Å²) in [5.74, 6) is 0.560. The number of nitrogens with zero attached hydrogens (tertiary/aromatic N) is 2. The molecule has 1 unspecified atom stereocenters. The van der Waals surface area contributed by atoms with Crippen LogP contribution in [0.3, 0.4) is 0 Å². The number of aliphatic hydroxyl groups is 1. The lowest BCUT2D eigenvalue weighted by Crippen LogP contribution is -2.48. The Morgan fingerprint density at radius 2 is 2.00 bits per heavy atom. The van der Waals surface area contributed by atoms with Crippen LogP contribution in [-0.4, -0.2) is 47.7 Å². The molecule has 3 rings (SSSR count). The van der Waals surface area contributed by atoms with Gasteiger partial charge in [-0.15, -0.1) is 0 Å². The highest BCUT2D eigenvalue weighted by atomic mass is 16.3. The van der Waals surface area contributed by atoms with E-state index in [1.165, 1.54) is 0 Å². The molecule has 1 aromatic rings. The number of aliphatic hydroxyl groups excluding tert-OH is 1. The molecule has 0 bridgehead atoms. The lowest BCUT2D eigenvalue weighted by molar-refractivity contribution is -0.120. The van der Waals surface area contributed by atoms with E-state index in [2.05, 4.69) is 27.7 Å². The Bertz CT molecular complexity index is 690. The Balaban J connectivity index is 1.53. The first-order valence-corrected chi connectivity index (χ1v) is 9.91. The van der Waals surface area contributed by atoms with Gasteiger partial charge in [0.1, 0.15) is 5.54 Å². The fourth-order valence-electron chi connectivity index (χ4n) is 3.79. The average Bonchev–Trinajstić information content (AvgIpc) is 3.54. The van der Waals surface area contributed by atoms with Crippen LogP contribution in [0.2, 0.25) is 0 Å². The van der Waals surface area contributed by atoms with Crippen molar-refractivity contribution in [2.75, 3.05) is 31.6 Å². The molecule has 0 aromatic heterocycles. The van der Waals surface area contributed by atoms with Crippen LogP contribution in [0.4, 0.5) is 5.69 Å². The highest BCUT2D eigenvalue weighted by Gasteiger charge is 2.42. The van der Waals surface area contributed by atoms with Crippen LogP contribution in [0.1, 0.15) is 38.2 Å². The van der Waals surface area contributed by atoms with E-state index in [4.69, 9.17) is 0 Å². The van der Waals surface area contributed by atoms with E-state index in [9.17, 15) is 15.2 Å². The number of carbonyl (C=O) groups is 1. The van der Waals surface area contributed by atoms with E-state index in [1.807, 2.05) is 25.1 Å². The predicted octanol–water partition coefficient (Wildman–Crippen LogP) is 2.11. The first-order chi connectivity index (χ1) is 13.0. The summed E-state index contributed by atoms with van der Waals surface area (Å²) in [6.45, 7) is 5.06. The van der Waals surface area contributed by atoms with Crippen LogP contribution >= 0.6 is 0 Å². The minimum absolute atomic E-state index is 0.149. The van der Waals surface area contributed by atoms with Crippen LogP contribution in [0.25, 0.3) is 0 Å². The molecule has 1 aromatic carbocycles. The molecule has 0 spiro atoms. The molecule has 0 radical (unpaired) electrons. The molecule has 146 valence electrons. The standard InChI is InChI=1S/C21H30N4O2/c1-21(15-22,18-6-7-18)24-20(27)12-23-19-5-3-2-4-17(19)13-25-10-8-16(14-26)9-11-25/h2-5,16,18,23,26H,6-14H2,1H3,(H,24,27). The number of benzene rings is 1. The van der Waals surface area contributed by atoms with Gasteiger partial charge in [0.2, 0.25) is 5.91 Å². The summed E-state index contributed by atoms with van der Waals surface area (Å²) in [6, 6.07) is 10.3. The topological polar surface area (TPSA) is 88.4 Å². The normalized spacial score (nSPS) is 20.5. The Morgan fingerprint density at radius 1 is 1.30 bits per heavy atom. The van der Waals surface area contributed by atoms with Crippen LogP contribution in [-0.2, 0) is 11.3 Å². The number of nitriles is 1. The highest BCUT2D eigenvalue weighted by molar-refractivity contribution is 5.82. The zero-order chi connectivity index (χ0) is 19.3. The quantitative estimate of drug-likeness (QED) is 0.652. The van der Waals surface area contributed by atoms with Gasteiger partial charge in [-0.05, 0) is 69.2 Å². The smallest absolute Gasteiger partial charge is 0.240 e. The number of likely N-dealkylation sites (tertiary alicyclic amines) is 1. The maximum absolute atomic E-state index is 12.3. The maximum Gasteiger partial charge on any atom is 0.240 e. The third-order valence-electron chi connectivity index (χ3n) is 5.84. The van der Waals surface area contributed by atoms with Gasteiger partial charge < -0.3 is 15.7 Å². The Hall–Kier alpha value is -2.10. The zero-order valence-corrected chi connectivity index (χ0v) is 16.1. The Kier molecular flexibility index (Phi) is 6.35.